The van der Waals surface area contributed by atoms with Crippen LogP contribution in [0.2, 0.25) is 0 Å². The van der Waals surface area contributed by atoms with E-state index in [1.165, 1.54) is 0 Å². The van der Waals surface area contributed by atoms with Gasteiger partial charge in [0.2, 0.25) is 0 Å². The molecule has 148 valence electrons. The molecule has 3 aromatic heterocycles. The Bertz CT molecular complexity index is 1400. The van der Waals surface area contributed by atoms with E-state index in [1.54, 1.807) is 0 Å². The summed E-state index contributed by atoms with van der Waals surface area (Å²) in [5.41, 5.74) is 10.9. The van der Waals surface area contributed by atoms with Gasteiger partial charge in [0.15, 0.2) is 5.58 Å². The Morgan fingerprint density at radius 2 is 1.77 bits per heavy atom. The van der Waals surface area contributed by atoms with E-state index in [-0.39, 0.29) is 6.01 Å². The molecule has 5 aromatic rings. The van der Waals surface area contributed by atoms with Crippen LogP contribution in [0, 0.1) is 6.92 Å². The molecule has 2 aromatic carbocycles. The highest BCUT2D eigenvalue weighted by Crippen LogP contribution is 2.30. The highest BCUT2D eigenvalue weighted by Gasteiger charge is 2.30. The number of nitrogens with zero attached hydrogens (tertiary/aromatic N) is 6. The number of imidazole rings is 1. The van der Waals surface area contributed by atoms with Crippen LogP contribution in [0.4, 0.5) is 11.8 Å². The highest BCUT2D eigenvalue weighted by atomic mass is 16.4. The van der Waals surface area contributed by atoms with Crippen molar-refractivity contribution < 1.29 is 4.42 Å². The van der Waals surface area contributed by atoms with Gasteiger partial charge in [-0.1, -0.05) is 12.1 Å². The summed E-state index contributed by atoms with van der Waals surface area (Å²) < 4.78 is 7.58. The number of hydrogen-bond donors (Lipinski definition) is 1. The molecule has 0 aliphatic carbocycles. The Morgan fingerprint density at radius 1 is 0.967 bits per heavy atom. The molecular formula is C22H19N7O. The molecule has 0 saturated carbocycles. The number of fused-ring (bicyclic) bond motifs is 2. The van der Waals surface area contributed by atoms with E-state index in [1.807, 2.05) is 55.8 Å². The largest absolute Gasteiger partial charge is 0.424 e. The number of oxazole rings is 1. The second kappa shape index (κ2) is 6.28. The van der Waals surface area contributed by atoms with Gasteiger partial charge in [0.1, 0.15) is 17.2 Å². The zero-order valence-corrected chi connectivity index (χ0v) is 16.4. The van der Waals surface area contributed by atoms with Crippen molar-refractivity contribution >= 4 is 34.0 Å². The Kier molecular flexibility index (Phi) is 3.55. The molecule has 0 amide bonds. The summed E-state index contributed by atoms with van der Waals surface area (Å²) in [7, 11) is 0. The molecule has 1 saturated heterocycles. The van der Waals surface area contributed by atoms with Gasteiger partial charge in [-0.15, -0.1) is 0 Å². The molecule has 6 rings (SSSR count). The van der Waals surface area contributed by atoms with Crippen LogP contribution in [-0.2, 0) is 0 Å². The fourth-order valence-corrected chi connectivity index (χ4v) is 4.05. The molecule has 8 heteroatoms. The van der Waals surface area contributed by atoms with Crippen molar-refractivity contribution in [1.82, 2.24) is 24.5 Å². The lowest BCUT2D eigenvalue weighted by Crippen LogP contribution is -2.48. The van der Waals surface area contributed by atoms with Crippen LogP contribution in [-0.4, -0.2) is 37.6 Å². The molecule has 1 aliphatic rings. The molecule has 0 atom stereocenters. The second-order valence-electron chi connectivity index (χ2n) is 7.61. The summed E-state index contributed by atoms with van der Waals surface area (Å²) >= 11 is 0. The minimum atomic E-state index is 0.176. The summed E-state index contributed by atoms with van der Waals surface area (Å²) in [6.07, 6.45) is 5.73. The fraction of sp³-hybridized carbons (Fsp3) is 0.182. The zero-order valence-electron chi connectivity index (χ0n) is 16.4. The third-order valence-electron chi connectivity index (χ3n) is 5.71. The SMILES string of the molecule is Cc1nccn1C1CN(c2cnc3ccc(-c4ccc5oc(N)nc5c4)cc3n2)C1. The average molecular weight is 397 g/mol. The van der Waals surface area contributed by atoms with Gasteiger partial charge >= 0.3 is 0 Å². The van der Waals surface area contributed by atoms with Gasteiger partial charge in [0.25, 0.3) is 6.01 Å². The Balaban J connectivity index is 1.30. The fourth-order valence-electron chi connectivity index (χ4n) is 4.05. The number of hydrogen-bond acceptors (Lipinski definition) is 7. The van der Waals surface area contributed by atoms with Crippen LogP contribution in [0.15, 0.2) is 59.4 Å². The van der Waals surface area contributed by atoms with Crippen LogP contribution in [0.1, 0.15) is 11.9 Å². The van der Waals surface area contributed by atoms with Gasteiger partial charge in [-0.05, 0) is 42.3 Å². The van der Waals surface area contributed by atoms with Crippen LogP contribution in [0.25, 0.3) is 33.3 Å². The number of anilines is 2. The summed E-state index contributed by atoms with van der Waals surface area (Å²) in [5.74, 6) is 1.94. The predicted octanol–water partition coefficient (Wildman–Crippen LogP) is 3.59. The normalized spacial score (nSPS) is 14.5. The number of aryl methyl sites for hydroxylation is 1. The second-order valence-corrected chi connectivity index (χ2v) is 7.61. The first-order valence-corrected chi connectivity index (χ1v) is 9.82. The maximum Gasteiger partial charge on any atom is 0.292 e. The molecule has 1 aliphatic heterocycles. The van der Waals surface area contributed by atoms with Gasteiger partial charge < -0.3 is 19.6 Å². The first-order chi connectivity index (χ1) is 14.6. The van der Waals surface area contributed by atoms with E-state index >= 15 is 0 Å². The Morgan fingerprint density at radius 3 is 2.57 bits per heavy atom. The highest BCUT2D eigenvalue weighted by molar-refractivity contribution is 5.86. The molecule has 30 heavy (non-hydrogen) atoms. The minimum absolute atomic E-state index is 0.176. The van der Waals surface area contributed by atoms with E-state index < -0.39 is 0 Å². The molecule has 4 heterocycles. The predicted molar refractivity (Wildman–Crippen MR) is 115 cm³/mol. The lowest BCUT2D eigenvalue weighted by Gasteiger charge is -2.41. The first-order valence-electron chi connectivity index (χ1n) is 9.82. The van der Waals surface area contributed by atoms with Gasteiger partial charge in [0.05, 0.1) is 23.3 Å². The lowest BCUT2D eigenvalue weighted by atomic mass is 10.0. The van der Waals surface area contributed by atoms with Crippen LogP contribution in [0.5, 0.6) is 0 Å². The van der Waals surface area contributed by atoms with Gasteiger partial charge in [-0.25, -0.2) is 9.97 Å². The monoisotopic (exact) mass is 397 g/mol. The summed E-state index contributed by atoms with van der Waals surface area (Å²) in [6.45, 7) is 3.84. The molecule has 0 unspecified atom stereocenters. The smallest absolute Gasteiger partial charge is 0.292 e. The van der Waals surface area contributed by atoms with Crippen molar-refractivity contribution in [3.8, 4) is 11.1 Å². The van der Waals surface area contributed by atoms with E-state index in [4.69, 9.17) is 15.1 Å². The number of benzene rings is 2. The summed E-state index contributed by atoms with van der Waals surface area (Å²) in [5, 5.41) is 0. The topological polar surface area (TPSA) is 98.9 Å². The Hall–Kier alpha value is -3.94. The Labute approximate surface area is 172 Å². The molecule has 2 N–H and O–H groups in total. The maximum absolute atomic E-state index is 5.66. The minimum Gasteiger partial charge on any atom is -0.424 e. The van der Waals surface area contributed by atoms with Crippen molar-refractivity contribution in [2.75, 3.05) is 23.7 Å². The van der Waals surface area contributed by atoms with Crippen LogP contribution in [0.3, 0.4) is 0 Å². The molecule has 1 fully saturated rings. The third-order valence-corrected chi connectivity index (χ3v) is 5.71. The quantitative estimate of drug-likeness (QED) is 0.497. The summed E-state index contributed by atoms with van der Waals surface area (Å²) in [4.78, 5) is 20.3. The summed E-state index contributed by atoms with van der Waals surface area (Å²) in [6, 6.07) is 12.6. The lowest BCUT2D eigenvalue weighted by molar-refractivity contribution is 0.390. The van der Waals surface area contributed by atoms with Crippen LogP contribution < -0.4 is 10.6 Å². The first kappa shape index (κ1) is 17.0. The van der Waals surface area contributed by atoms with E-state index in [9.17, 15) is 0 Å². The number of aromatic nitrogens is 5. The van der Waals surface area contributed by atoms with E-state index in [0.29, 0.717) is 11.6 Å². The zero-order chi connectivity index (χ0) is 20.2. The molecular weight excluding hydrogens is 378 g/mol. The van der Waals surface area contributed by atoms with E-state index in [0.717, 1.165) is 52.4 Å². The van der Waals surface area contributed by atoms with Crippen molar-refractivity contribution in [1.29, 1.82) is 0 Å². The van der Waals surface area contributed by atoms with Crippen molar-refractivity contribution in [3.05, 3.63) is 60.8 Å². The number of rotatable bonds is 3. The number of nitrogen functional groups attached to an aromatic ring is 1. The van der Waals surface area contributed by atoms with Gasteiger partial charge in [0, 0.05) is 25.5 Å². The molecule has 8 nitrogen and oxygen atoms in total. The molecule has 0 bridgehead atoms. The molecule has 0 spiro atoms. The average Bonchev–Trinajstić information content (AvgIpc) is 3.30. The van der Waals surface area contributed by atoms with Crippen molar-refractivity contribution in [2.45, 2.75) is 13.0 Å². The van der Waals surface area contributed by atoms with Crippen LogP contribution >= 0.6 is 0 Å². The maximum atomic E-state index is 5.66. The van der Waals surface area contributed by atoms with Gasteiger partial charge in [-0.3, -0.25) is 4.98 Å². The standard InChI is InChI=1S/C22H19N7O/c1-13-24-6-7-29(13)16-11-28(12-16)21-10-25-17-4-2-14(8-18(17)26-21)15-3-5-20-19(9-15)27-22(23)30-20/h2-10,16H,11-12H2,1H3,(H2,23,27). The van der Waals surface area contributed by atoms with E-state index in [2.05, 4.69) is 30.5 Å². The number of nitrogens with two attached hydrogens (primary N) is 1. The molecule has 0 radical (unpaired) electrons. The van der Waals surface area contributed by atoms with Crippen molar-refractivity contribution in [3.63, 3.8) is 0 Å². The van der Waals surface area contributed by atoms with Crippen molar-refractivity contribution in [2.24, 2.45) is 0 Å². The van der Waals surface area contributed by atoms with Gasteiger partial charge in [-0.2, -0.15) is 4.98 Å². The third kappa shape index (κ3) is 2.68.